The molecule has 0 radical (unpaired) electrons. The maximum absolute atomic E-state index is 12.0. The van der Waals surface area contributed by atoms with Crippen LogP contribution in [0.15, 0.2) is 73.1 Å². The summed E-state index contributed by atoms with van der Waals surface area (Å²) in [5.74, 6) is 0. The minimum Gasteiger partial charge on any atom is -0.324 e. The van der Waals surface area contributed by atoms with Gasteiger partial charge in [0.1, 0.15) is 0 Å². The average Bonchev–Trinajstić information content (AvgIpc) is 3.05. The van der Waals surface area contributed by atoms with Gasteiger partial charge in [0.05, 0.1) is 0 Å². The van der Waals surface area contributed by atoms with Crippen molar-refractivity contribution in [3.05, 3.63) is 78.6 Å². The van der Waals surface area contributed by atoms with Crippen LogP contribution in [0.25, 0.3) is 5.69 Å². The fourth-order valence-corrected chi connectivity index (χ4v) is 2.22. The van der Waals surface area contributed by atoms with Gasteiger partial charge in [0.2, 0.25) is 0 Å². The van der Waals surface area contributed by atoms with Gasteiger partial charge >= 0.3 is 6.03 Å². The molecule has 0 fully saturated rings. The maximum Gasteiger partial charge on any atom is 0.323 e. The van der Waals surface area contributed by atoms with Gasteiger partial charge in [0.25, 0.3) is 0 Å². The number of hydrogen-bond acceptors (Lipinski definition) is 1. The number of aromatic nitrogens is 1. The number of amides is 2. The highest BCUT2D eigenvalue weighted by Gasteiger charge is 2.04. The smallest absolute Gasteiger partial charge is 0.323 e. The molecular weight excluding hydrogens is 274 g/mol. The average molecular weight is 291 g/mol. The lowest BCUT2D eigenvalue weighted by atomic mass is 10.2. The van der Waals surface area contributed by atoms with Crippen LogP contribution < -0.4 is 10.6 Å². The molecule has 0 saturated carbocycles. The lowest BCUT2D eigenvalue weighted by Crippen LogP contribution is -2.19. The predicted octanol–water partition coefficient (Wildman–Crippen LogP) is 4.43. The van der Waals surface area contributed by atoms with E-state index < -0.39 is 0 Å². The van der Waals surface area contributed by atoms with E-state index in [0.717, 1.165) is 22.6 Å². The molecule has 4 heteroatoms. The topological polar surface area (TPSA) is 46.1 Å². The van der Waals surface area contributed by atoms with E-state index in [-0.39, 0.29) is 6.03 Å². The zero-order valence-electron chi connectivity index (χ0n) is 12.3. The van der Waals surface area contributed by atoms with Gasteiger partial charge in [-0.1, -0.05) is 18.2 Å². The molecule has 0 aliphatic rings. The van der Waals surface area contributed by atoms with Crippen LogP contribution in [0.5, 0.6) is 0 Å². The molecule has 0 aliphatic heterocycles. The van der Waals surface area contributed by atoms with Gasteiger partial charge in [-0.3, -0.25) is 0 Å². The summed E-state index contributed by atoms with van der Waals surface area (Å²) in [5.41, 5.74) is 3.64. The molecule has 4 nitrogen and oxygen atoms in total. The van der Waals surface area contributed by atoms with Crippen molar-refractivity contribution >= 4 is 17.4 Å². The zero-order valence-corrected chi connectivity index (χ0v) is 12.3. The molecule has 22 heavy (non-hydrogen) atoms. The van der Waals surface area contributed by atoms with Crippen LogP contribution in [0.1, 0.15) is 5.56 Å². The normalized spacial score (nSPS) is 10.2. The quantitative estimate of drug-likeness (QED) is 0.736. The van der Waals surface area contributed by atoms with Crippen LogP contribution in [0.4, 0.5) is 16.2 Å². The van der Waals surface area contributed by atoms with Crippen molar-refractivity contribution in [1.29, 1.82) is 0 Å². The van der Waals surface area contributed by atoms with E-state index >= 15 is 0 Å². The Morgan fingerprint density at radius 1 is 0.864 bits per heavy atom. The molecule has 0 unspecified atom stereocenters. The van der Waals surface area contributed by atoms with E-state index in [4.69, 9.17) is 0 Å². The molecule has 0 aliphatic carbocycles. The summed E-state index contributed by atoms with van der Waals surface area (Å²) < 4.78 is 2.01. The van der Waals surface area contributed by atoms with Crippen molar-refractivity contribution in [2.45, 2.75) is 6.92 Å². The van der Waals surface area contributed by atoms with E-state index in [9.17, 15) is 4.79 Å². The van der Waals surface area contributed by atoms with Gasteiger partial charge < -0.3 is 15.2 Å². The maximum atomic E-state index is 12.0. The van der Waals surface area contributed by atoms with E-state index in [2.05, 4.69) is 10.6 Å². The molecule has 2 N–H and O–H groups in total. The van der Waals surface area contributed by atoms with Crippen molar-refractivity contribution in [2.24, 2.45) is 0 Å². The van der Waals surface area contributed by atoms with Crippen LogP contribution in [-0.2, 0) is 0 Å². The minimum atomic E-state index is -0.247. The molecule has 3 aromatic rings. The third kappa shape index (κ3) is 3.17. The largest absolute Gasteiger partial charge is 0.324 e. The van der Waals surface area contributed by atoms with Crippen molar-refractivity contribution in [2.75, 3.05) is 10.6 Å². The Balaban J connectivity index is 1.66. The first-order valence-corrected chi connectivity index (χ1v) is 7.09. The fraction of sp³-hybridized carbons (Fsp3) is 0.0556. The number of rotatable bonds is 3. The van der Waals surface area contributed by atoms with Crippen LogP contribution in [0, 0.1) is 6.92 Å². The number of anilines is 2. The zero-order chi connectivity index (χ0) is 15.4. The second kappa shape index (κ2) is 6.18. The van der Waals surface area contributed by atoms with Crippen LogP contribution in [-0.4, -0.2) is 10.6 Å². The Bertz CT molecular complexity index is 761. The monoisotopic (exact) mass is 291 g/mol. The van der Waals surface area contributed by atoms with Gasteiger partial charge in [-0.15, -0.1) is 0 Å². The summed E-state index contributed by atoms with van der Waals surface area (Å²) in [6, 6.07) is 19.1. The summed E-state index contributed by atoms with van der Waals surface area (Å²) in [4.78, 5) is 12.0. The summed E-state index contributed by atoms with van der Waals surface area (Å²) in [7, 11) is 0. The number of nitrogens with one attached hydrogen (secondary N) is 2. The highest BCUT2D eigenvalue weighted by molar-refractivity contribution is 6.00. The Kier molecular flexibility index (Phi) is 3.92. The highest BCUT2D eigenvalue weighted by atomic mass is 16.2. The van der Waals surface area contributed by atoms with Crippen LogP contribution in [0.3, 0.4) is 0 Å². The van der Waals surface area contributed by atoms with Gasteiger partial charge in [-0.25, -0.2) is 4.79 Å². The minimum absolute atomic E-state index is 0.247. The van der Waals surface area contributed by atoms with E-state index in [1.807, 2.05) is 84.5 Å². The number of benzene rings is 2. The molecule has 0 bridgehead atoms. The Labute approximate surface area is 129 Å². The summed E-state index contributed by atoms with van der Waals surface area (Å²) in [6.45, 7) is 1.96. The van der Waals surface area contributed by atoms with E-state index in [0.29, 0.717) is 0 Å². The van der Waals surface area contributed by atoms with E-state index in [1.54, 1.807) is 0 Å². The lowest BCUT2D eigenvalue weighted by molar-refractivity contribution is 0.262. The lowest BCUT2D eigenvalue weighted by Gasteiger charge is -2.10. The third-order valence-corrected chi connectivity index (χ3v) is 3.42. The molecule has 0 saturated heterocycles. The molecule has 0 atom stereocenters. The first-order valence-electron chi connectivity index (χ1n) is 7.09. The molecule has 0 spiro atoms. The van der Waals surface area contributed by atoms with Gasteiger partial charge in [-0.2, -0.15) is 0 Å². The Hall–Kier alpha value is -3.01. The third-order valence-electron chi connectivity index (χ3n) is 3.42. The standard InChI is InChI=1S/C18H17N3O/c1-14-6-2-3-7-17(14)20-18(22)19-15-8-10-16(11-9-15)21-12-4-5-13-21/h2-13H,1H3,(H2,19,20,22). The predicted molar refractivity (Wildman–Crippen MR) is 89.6 cm³/mol. The van der Waals surface area contributed by atoms with Gasteiger partial charge in [0, 0.05) is 29.5 Å². The molecule has 3 rings (SSSR count). The summed E-state index contributed by atoms with van der Waals surface area (Å²) in [6.07, 6.45) is 3.96. The molecule has 110 valence electrons. The number of carbonyl (C=O) groups is 1. The van der Waals surface area contributed by atoms with Crippen molar-refractivity contribution in [1.82, 2.24) is 4.57 Å². The molecule has 2 aromatic carbocycles. The van der Waals surface area contributed by atoms with Crippen molar-refractivity contribution < 1.29 is 4.79 Å². The summed E-state index contributed by atoms with van der Waals surface area (Å²) in [5, 5.41) is 5.68. The number of carbonyl (C=O) groups excluding carboxylic acids is 1. The molecule has 1 aromatic heterocycles. The first kappa shape index (κ1) is 13.9. The summed E-state index contributed by atoms with van der Waals surface area (Å²) >= 11 is 0. The van der Waals surface area contributed by atoms with Crippen LogP contribution >= 0.6 is 0 Å². The molecule has 2 amide bonds. The van der Waals surface area contributed by atoms with Gasteiger partial charge in [-0.05, 0) is 55.0 Å². The Morgan fingerprint density at radius 3 is 2.23 bits per heavy atom. The second-order valence-electron chi connectivity index (χ2n) is 5.03. The van der Waals surface area contributed by atoms with Crippen molar-refractivity contribution in [3.63, 3.8) is 0 Å². The molecular formula is C18H17N3O. The number of aryl methyl sites for hydroxylation is 1. The number of urea groups is 1. The van der Waals surface area contributed by atoms with Crippen molar-refractivity contribution in [3.8, 4) is 5.69 Å². The number of hydrogen-bond donors (Lipinski definition) is 2. The number of nitrogens with zero attached hydrogens (tertiary/aromatic N) is 1. The molecule has 1 heterocycles. The number of para-hydroxylation sites is 1. The SMILES string of the molecule is Cc1ccccc1NC(=O)Nc1ccc(-n2cccc2)cc1. The van der Waals surface area contributed by atoms with Crippen LogP contribution in [0.2, 0.25) is 0 Å². The highest BCUT2D eigenvalue weighted by Crippen LogP contribution is 2.16. The first-order chi connectivity index (χ1) is 10.7. The fourth-order valence-electron chi connectivity index (χ4n) is 2.22. The Morgan fingerprint density at radius 2 is 1.55 bits per heavy atom. The van der Waals surface area contributed by atoms with Gasteiger partial charge in [0.15, 0.2) is 0 Å². The van der Waals surface area contributed by atoms with E-state index in [1.165, 1.54) is 0 Å². The second-order valence-corrected chi connectivity index (χ2v) is 5.03.